The Morgan fingerprint density at radius 3 is 2.86 bits per heavy atom. The lowest BCUT2D eigenvalue weighted by molar-refractivity contribution is 0.735. The summed E-state index contributed by atoms with van der Waals surface area (Å²) in [5.41, 5.74) is 5.55. The lowest BCUT2D eigenvalue weighted by atomic mass is 10.2. The van der Waals surface area contributed by atoms with E-state index in [0.29, 0.717) is 4.99 Å². The molecule has 2 N–H and O–H groups in total. The van der Waals surface area contributed by atoms with Gasteiger partial charge in [0.25, 0.3) is 0 Å². The van der Waals surface area contributed by atoms with Crippen LogP contribution in [0.5, 0.6) is 0 Å². The van der Waals surface area contributed by atoms with E-state index in [1.54, 1.807) is 6.20 Å². The molecule has 0 radical (unpaired) electrons. The minimum Gasteiger partial charge on any atom is -0.393 e. The van der Waals surface area contributed by atoms with Gasteiger partial charge in [0.2, 0.25) is 0 Å². The van der Waals surface area contributed by atoms with Crippen LogP contribution in [0, 0.1) is 5.92 Å². The summed E-state index contributed by atoms with van der Waals surface area (Å²) in [5.74, 6) is 1.15. The first-order valence-corrected chi connectivity index (χ1v) is 4.93. The summed E-state index contributed by atoms with van der Waals surface area (Å²) in [5, 5.41) is 0. The van der Waals surface area contributed by atoms with Gasteiger partial charge in [-0.3, -0.25) is 0 Å². The third-order valence-electron chi connectivity index (χ3n) is 2.07. The van der Waals surface area contributed by atoms with E-state index in [2.05, 4.69) is 4.98 Å². The first-order chi connectivity index (χ1) is 6.61. The van der Waals surface area contributed by atoms with Crippen molar-refractivity contribution in [1.82, 2.24) is 4.98 Å². The second kappa shape index (κ2) is 4.91. The standard InChI is InChI=1S/C10H15N3S/c1-8(10(11)14)7-13(2)9-5-3-4-6-12-9/h3-6,8H,7H2,1-2H3,(H2,11,14). The predicted molar refractivity (Wildman–Crippen MR) is 63.5 cm³/mol. The van der Waals surface area contributed by atoms with Gasteiger partial charge in [-0.1, -0.05) is 25.2 Å². The summed E-state index contributed by atoms with van der Waals surface area (Å²) >= 11 is 4.92. The molecule has 76 valence electrons. The monoisotopic (exact) mass is 209 g/mol. The SMILES string of the molecule is CC(CN(C)c1ccccn1)C(N)=S. The highest BCUT2D eigenvalue weighted by molar-refractivity contribution is 7.80. The lowest BCUT2D eigenvalue weighted by Gasteiger charge is -2.21. The number of hydrogen-bond donors (Lipinski definition) is 1. The van der Waals surface area contributed by atoms with Crippen LogP contribution in [-0.4, -0.2) is 23.6 Å². The maximum absolute atomic E-state index is 5.55. The highest BCUT2D eigenvalue weighted by Gasteiger charge is 2.09. The Balaban J connectivity index is 2.59. The number of rotatable bonds is 4. The van der Waals surface area contributed by atoms with Crippen molar-refractivity contribution in [2.45, 2.75) is 6.92 Å². The van der Waals surface area contributed by atoms with Gasteiger partial charge >= 0.3 is 0 Å². The van der Waals surface area contributed by atoms with Crippen molar-refractivity contribution in [2.24, 2.45) is 11.7 Å². The molecule has 1 aromatic heterocycles. The van der Waals surface area contributed by atoms with Gasteiger partial charge in [-0.25, -0.2) is 4.98 Å². The largest absolute Gasteiger partial charge is 0.393 e. The summed E-state index contributed by atoms with van der Waals surface area (Å²) in [6.45, 7) is 2.81. The van der Waals surface area contributed by atoms with Gasteiger partial charge in [-0.05, 0) is 12.1 Å². The summed E-state index contributed by atoms with van der Waals surface area (Å²) in [6.07, 6.45) is 1.78. The summed E-state index contributed by atoms with van der Waals surface area (Å²) in [6, 6.07) is 5.82. The van der Waals surface area contributed by atoms with Crippen LogP contribution < -0.4 is 10.6 Å². The fourth-order valence-electron chi connectivity index (χ4n) is 1.17. The van der Waals surface area contributed by atoms with E-state index in [4.69, 9.17) is 18.0 Å². The van der Waals surface area contributed by atoms with Crippen molar-refractivity contribution in [2.75, 3.05) is 18.5 Å². The second-order valence-corrected chi connectivity index (χ2v) is 3.84. The molecule has 1 aromatic rings. The number of anilines is 1. The van der Waals surface area contributed by atoms with Crippen LogP contribution >= 0.6 is 12.2 Å². The summed E-state index contributed by atoms with van der Waals surface area (Å²) in [4.78, 5) is 6.83. The van der Waals surface area contributed by atoms with Crippen molar-refractivity contribution in [3.8, 4) is 0 Å². The van der Waals surface area contributed by atoms with E-state index in [9.17, 15) is 0 Å². The number of aromatic nitrogens is 1. The zero-order chi connectivity index (χ0) is 10.6. The van der Waals surface area contributed by atoms with E-state index in [1.165, 1.54) is 0 Å². The van der Waals surface area contributed by atoms with Crippen LogP contribution in [-0.2, 0) is 0 Å². The van der Waals surface area contributed by atoms with Gasteiger partial charge < -0.3 is 10.6 Å². The van der Waals surface area contributed by atoms with E-state index in [-0.39, 0.29) is 5.92 Å². The van der Waals surface area contributed by atoms with Gasteiger partial charge in [-0.2, -0.15) is 0 Å². The molecule has 4 heteroatoms. The second-order valence-electron chi connectivity index (χ2n) is 3.37. The predicted octanol–water partition coefficient (Wildman–Crippen LogP) is 1.44. The van der Waals surface area contributed by atoms with Crippen LogP contribution in [0.3, 0.4) is 0 Å². The number of nitrogens with zero attached hydrogens (tertiary/aromatic N) is 2. The molecule has 3 nitrogen and oxygen atoms in total. The fourth-order valence-corrected chi connectivity index (χ4v) is 1.25. The molecule has 0 fully saturated rings. The average Bonchev–Trinajstić information content (AvgIpc) is 2.19. The normalized spacial score (nSPS) is 12.1. The smallest absolute Gasteiger partial charge is 0.128 e. The third kappa shape index (κ3) is 2.96. The van der Waals surface area contributed by atoms with Gasteiger partial charge in [0.15, 0.2) is 0 Å². The Morgan fingerprint density at radius 2 is 2.36 bits per heavy atom. The van der Waals surface area contributed by atoms with Gasteiger partial charge in [0, 0.05) is 25.7 Å². The van der Waals surface area contributed by atoms with Crippen LogP contribution in [0.4, 0.5) is 5.82 Å². The Morgan fingerprint density at radius 1 is 1.64 bits per heavy atom. The molecule has 1 rings (SSSR count). The molecule has 0 saturated heterocycles. The molecule has 0 aromatic carbocycles. The molecule has 14 heavy (non-hydrogen) atoms. The Hall–Kier alpha value is -1.16. The topological polar surface area (TPSA) is 42.2 Å². The minimum absolute atomic E-state index is 0.206. The van der Waals surface area contributed by atoms with Crippen molar-refractivity contribution < 1.29 is 0 Å². The van der Waals surface area contributed by atoms with Crippen LogP contribution in [0.2, 0.25) is 0 Å². The lowest BCUT2D eigenvalue weighted by Crippen LogP contribution is -2.31. The van der Waals surface area contributed by atoms with Crippen LogP contribution in [0.1, 0.15) is 6.92 Å². The van der Waals surface area contributed by atoms with E-state index < -0.39 is 0 Å². The molecule has 0 spiro atoms. The van der Waals surface area contributed by atoms with Crippen molar-refractivity contribution in [1.29, 1.82) is 0 Å². The van der Waals surface area contributed by atoms with Gasteiger partial charge in [0.1, 0.15) is 5.82 Å². The number of hydrogen-bond acceptors (Lipinski definition) is 3. The number of pyridine rings is 1. The van der Waals surface area contributed by atoms with Crippen LogP contribution in [0.25, 0.3) is 0 Å². The van der Waals surface area contributed by atoms with Gasteiger partial charge in [-0.15, -0.1) is 0 Å². The van der Waals surface area contributed by atoms with E-state index >= 15 is 0 Å². The molecular weight excluding hydrogens is 194 g/mol. The maximum atomic E-state index is 5.55. The first-order valence-electron chi connectivity index (χ1n) is 4.52. The molecule has 0 bridgehead atoms. The Bertz CT molecular complexity index is 299. The third-order valence-corrected chi connectivity index (χ3v) is 2.48. The van der Waals surface area contributed by atoms with Crippen molar-refractivity contribution in [3.05, 3.63) is 24.4 Å². The summed E-state index contributed by atoms with van der Waals surface area (Å²) < 4.78 is 0. The summed E-state index contributed by atoms with van der Waals surface area (Å²) in [7, 11) is 1.98. The number of thiocarbonyl (C=S) groups is 1. The molecule has 0 saturated carbocycles. The number of nitrogens with two attached hydrogens (primary N) is 1. The molecule has 0 amide bonds. The van der Waals surface area contributed by atoms with E-state index in [0.717, 1.165) is 12.4 Å². The zero-order valence-electron chi connectivity index (χ0n) is 8.47. The van der Waals surface area contributed by atoms with Gasteiger partial charge in [0.05, 0.1) is 4.99 Å². The fraction of sp³-hybridized carbons (Fsp3) is 0.400. The van der Waals surface area contributed by atoms with E-state index in [1.807, 2.05) is 37.1 Å². The average molecular weight is 209 g/mol. The molecule has 0 aliphatic heterocycles. The zero-order valence-corrected chi connectivity index (χ0v) is 9.29. The molecule has 1 heterocycles. The van der Waals surface area contributed by atoms with Crippen molar-refractivity contribution >= 4 is 23.0 Å². The quantitative estimate of drug-likeness (QED) is 0.762. The Labute approximate surface area is 89.9 Å². The maximum Gasteiger partial charge on any atom is 0.128 e. The first kappa shape index (κ1) is 10.9. The molecule has 0 aliphatic rings. The van der Waals surface area contributed by atoms with Crippen molar-refractivity contribution in [3.63, 3.8) is 0 Å². The van der Waals surface area contributed by atoms with Crippen LogP contribution in [0.15, 0.2) is 24.4 Å². The molecular formula is C10H15N3S. The highest BCUT2D eigenvalue weighted by Crippen LogP contribution is 2.09. The molecule has 0 aliphatic carbocycles. The molecule has 1 unspecified atom stereocenters. The highest BCUT2D eigenvalue weighted by atomic mass is 32.1. The molecule has 1 atom stereocenters. The minimum atomic E-state index is 0.206. The Kier molecular flexibility index (Phi) is 3.83.